The average molecular weight is 288 g/mol. The van der Waals surface area contributed by atoms with Crippen LogP contribution in [0.1, 0.15) is 30.8 Å². The van der Waals surface area contributed by atoms with E-state index in [0.717, 1.165) is 0 Å². The van der Waals surface area contributed by atoms with E-state index in [0.29, 0.717) is 24.5 Å². The summed E-state index contributed by atoms with van der Waals surface area (Å²) in [5.41, 5.74) is 0.335. The number of aromatic nitrogens is 3. The summed E-state index contributed by atoms with van der Waals surface area (Å²) in [5, 5.41) is 16.5. The Morgan fingerprint density at radius 3 is 2.86 bits per heavy atom. The van der Waals surface area contributed by atoms with Crippen molar-refractivity contribution < 1.29 is 9.90 Å². The first-order valence-corrected chi connectivity index (χ1v) is 7.01. The molecule has 0 fully saturated rings. The molecule has 1 amide bonds. The molecule has 0 saturated carbocycles. The zero-order valence-electron chi connectivity index (χ0n) is 12.2. The third kappa shape index (κ3) is 4.13. The van der Waals surface area contributed by atoms with E-state index in [4.69, 9.17) is 0 Å². The van der Waals surface area contributed by atoms with Gasteiger partial charge in [0, 0.05) is 18.9 Å². The van der Waals surface area contributed by atoms with Gasteiger partial charge in [0.15, 0.2) is 5.82 Å². The van der Waals surface area contributed by atoms with Gasteiger partial charge in [0.2, 0.25) is 0 Å². The van der Waals surface area contributed by atoms with Gasteiger partial charge in [0.25, 0.3) is 5.91 Å². The highest BCUT2D eigenvalue weighted by molar-refractivity contribution is 5.92. The highest BCUT2D eigenvalue weighted by atomic mass is 16.3. The molecule has 2 heterocycles. The summed E-state index contributed by atoms with van der Waals surface area (Å²) < 4.78 is 1.60. The Kier molecular flexibility index (Phi) is 5.05. The van der Waals surface area contributed by atoms with Gasteiger partial charge in [-0.25, -0.2) is 9.67 Å². The Morgan fingerprint density at radius 2 is 2.19 bits per heavy atom. The fourth-order valence-corrected chi connectivity index (χ4v) is 1.84. The van der Waals surface area contributed by atoms with Crippen molar-refractivity contribution in [3.63, 3.8) is 0 Å². The van der Waals surface area contributed by atoms with E-state index in [1.54, 1.807) is 41.3 Å². The number of hydrogen-bond donors (Lipinski definition) is 2. The number of nitrogens with zero attached hydrogens (tertiary/aromatic N) is 3. The van der Waals surface area contributed by atoms with Crippen LogP contribution in [0.4, 0.5) is 0 Å². The maximum absolute atomic E-state index is 12.0. The second-order valence-corrected chi connectivity index (χ2v) is 5.19. The van der Waals surface area contributed by atoms with Gasteiger partial charge < -0.3 is 10.4 Å². The summed E-state index contributed by atoms with van der Waals surface area (Å²) in [7, 11) is 0. The van der Waals surface area contributed by atoms with E-state index in [9.17, 15) is 9.90 Å². The molecule has 0 spiro atoms. The summed E-state index contributed by atoms with van der Waals surface area (Å²) in [6.07, 6.45) is 3.54. The molecule has 6 nitrogen and oxygen atoms in total. The quantitative estimate of drug-likeness (QED) is 0.842. The lowest BCUT2D eigenvalue weighted by Crippen LogP contribution is -2.29. The molecule has 2 aromatic rings. The zero-order valence-corrected chi connectivity index (χ0v) is 12.2. The van der Waals surface area contributed by atoms with Crippen molar-refractivity contribution in [2.24, 2.45) is 5.92 Å². The van der Waals surface area contributed by atoms with E-state index in [2.05, 4.69) is 15.4 Å². The van der Waals surface area contributed by atoms with Gasteiger partial charge in [-0.15, -0.1) is 0 Å². The monoisotopic (exact) mass is 288 g/mol. The highest BCUT2D eigenvalue weighted by Crippen LogP contribution is 2.06. The summed E-state index contributed by atoms with van der Waals surface area (Å²) in [6.45, 7) is 4.31. The normalized spacial score (nSPS) is 12.4. The van der Waals surface area contributed by atoms with Crippen LogP contribution in [0, 0.1) is 5.92 Å². The minimum Gasteiger partial charge on any atom is -0.393 e. The van der Waals surface area contributed by atoms with Crippen molar-refractivity contribution >= 4 is 5.91 Å². The summed E-state index contributed by atoms with van der Waals surface area (Å²) >= 11 is 0. The molecule has 0 saturated heterocycles. The van der Waals surface area contributed by atoms with Crippen LogP contribution in [0.3, 0.4) is 0 Å². The van der Waals surface area contributed by atoms with Gasteiger partial charge in [0.1, 0.15) is 5.69 Å². The maximum Gasteiger partial charge on any atom is 0.269 e. The fraction of sp³-hybridized carbons (Fsp3) is 0.400. The van der Waals surface area contributed by atoms with Crippen LogP contribution in [-0.2, 0) is 0 Å². The lowest BCUT2D eigenvalue weighted by molar-refractivity contribution is 0.0915. The fourth-order valence-electron chi connectivity index (χ4n) is 1.84. The Balaban J connectivity index is 1.95. The molecule has 2 N–H and O–H groups in total. The molecule has 0 bridgehead atoms. The van der Waals surface area contributed by atoms with Gasteiger partial charge in [-0.2, -0.15) is 5.10 Å². The third-order valence-corrected chi connectivity index (χ3v) is 3.20. The number of aliphatic hydroxyl groups excluding tert-OH is 1. The van der Waals surface area contributed by atoms with Crippen LogP contribution >= 0.6 is 0 Å². The molecule has 0 aliphatic heterocycles. The Hall–Kier alpha value is -2.21. The van der Waals surface area contributed by atoms with Crippen LogP contribution in [0.5, 0.6) is 0 Å². The average Bonchev–Trinajstić information content (AvgIpc) is 3.01. The van der Waals surface area contributed by atoms with Crippen molar-refractivity contribution in [3.05, 3.63) is 42.4 Å². The molecule has 0 aliphatic rings. The van der Waals surface area contributed by atoms with Gasteiger partial charge in [0.05, 0.1) is 6.10 Å². The van der Waals surface area contributed by atoms with Gasteiger partial charge >= 0.3 is 0 Å². The third-order valence-electron chi connectivity index (χ3n) is 3.20. The minimum atomic E-state index is -0.409. The van der Waals surface area contributed by atoms with E-state index >= 15 is 0 Å². The molecule has 21 heavy (non-hydrogen) atoms. The number of nitrogens with one attached hydrogen (secondary N) is 1. The number of hydrogen-bond acceptors (Lipinski definition) is 4. The Bertz CT molecular complexity index is 581. The van der Waals surface area contributed by atoms with E-state index in [1.807, 2.05) is 13.8 Å². The highest BCUT2D eigenvalue weighted by Gasteiger charge is 2.11. The molecule has 2 aromatic heterocycles. The lowest BCUT2D eigenvalue weighted by atomic mass is 10.0. The molecule has 0 aliphatic carbocycles. The predicted octanol–water partition coefficient (Wildman–Crippen LogP) is 1.40. The Labute approximate surface area is 123 Å². The maximum atomic E-state index is 12.0. The smallest absolute Gasteiger partial charge is 0.269 e. The first kappa shape index (κ1) is 15.2. The predicted molar refractivity (Wildman–Crippen MR) is 79.2 cm³/mol. The second-order valence-electron chi connectivity index (χ2n) is 5.19. The largest absolute Gasteiger partial charge is 0.393 e. The van der Waals surface area contributed by atoms with E-state index in [-0.39, 0.29) is 11.8 Å². The van der Waals surface area contributed by atoms with Crippen molar-refractivity contribution in [3.8, 4) is 5.82 Å². The molecular weight excluding hydrogens is 268 g/mol. The van der Waals surface area contributed by atoms with E-state index in [1.165, 1.54) is 0 Å². The number of aliphatic hydroxyl groups is 1. The summed E-state index contributed by atoms with van der Waals surface area (Å²) in [5.74, 6) is 0.526. The minimum absolute atomic E-state index is 0.183. The van der Waals surface area contributed by atoms with Crippen molar-refractivity contribution in [1.29, 1.82) is 0 Å². The Morgan fingerprint density at radius 1 is 1.38 bits per heavy atom. The molecule has 1 atom stereocenters. The molecule has 1 unspecified atom stereocenters. The standard InChI is InChI=1S/C15H20N4O2/c1-11(2)13(20)7-9-16-15(21)12-5-3-6-14(18-12)19-10-4-8-17-19/h3-6,8,10-11,13,20H,7,9H2,1-2H3,(H,16,21). The van der Waals surface area contributed by atoms with Crippen LogP contribution in [-0.4, -0.2) is 38.4 Å². The van der Waals surface area contributed by atoms with Crippen molar-refractivity contribution in [1.82, 2.24) is 20.1 Å². The number of amides is 1. The molecule has 112 valence electrons. The van der Waals surface area contributed by atoms with Crippen LogP contribution < -0.4 is 5.32 Å². The molecular formula is C15H20N4O2. The zero-order chi connectivity index (χ0) is 15.2. The SMILES string of the molecule is CC(C)C(O)CCNC(=O)c1cccc(-n2cccn2)n1. The number of carbonyl (C=O) groups is 1. The molecule has 0 radical (unpaired) electrons. The van der Waals surface area contributed by atoms with Crippen molar-refractivity contribution in [2.75, 3.05) is 6.54 Å². The topological polar surface area (TPSA) is 80.0 Å². The summed E-state index contributed by atoms with van der Waals surface area (Å²) in [6, 6.07) is 7.00. The molecule has 2 rings (SSSR count). The molecule has 0 aromatic carbocycles. The molecule has 6 heteroatoms. The van der Waals surface area contributed by atoms with Gasteiger partial charge in [-0.1, -0.05) is 19.9 Å². The van der Waals surface area contributed by atoms with Crippen LogP contribution in [0.15, 0.2) is 36.7 Å². The number of carbonyl (C=O) groups excluding carboxylic acids is 1. The van der Waals surface area contributed by atoms with Crippen LogP contribution in [0.2, 0.25) is 0 Å². The first-order chi connectivity index (χ1) is 10.1. The van der Waals surface area contributed by atoms with E-state index < -0.39 is 6.10 Å². The van der Waals surface area contributed by atoms with Gasteiger partial charge in [-0.05, 0) is 30.5 Å². The second kappa shape index (κ2) is 6.99. The summed E-state index contributed by atoms with van der Waals surface area (Å²) in [4.78, 5) is 16.3. The number of pyridine rings is 1. The first-order valence-electron chi connectivity index (χ1n) is 7.01. The number of rotatable bonds is 6. The van der Waals surface area contributed by atoms with Crippen molar-refractivity contribution in [2.45, 2.75) is 26.4 Å². The lowest BCUT2D eigenvalue weighted by Gasteiger charge is -2.14. The van der Waals surface area contributed by atoms with Crippen LogP contribution in [0.25, 0.3) is 5.82 Å². The van der Waals surface area contributed by atoms with Gasteiger partial charge in [-0.3, -0.25) is 4.79 Å².